The van der Waals surface area contributed by atoms with Crippen LogP contribution in [0.5, 0.6) is 0 Å². The van der Waals surface area contributed by atoms with Crippen molar-refractivity contribution in [2.45, 2.75) is 91.1 Å². The molecule has 0 amide bonds. The molecule has 1 heterocycles. The van der Waals surface area contributed by atoms with E-state index < -0.39 is 0 Å². The third-order valence-corrected chi connectivity index (χ3v) is 10.5. The standard InChI is InChI=1S/C26H43NO/c1-19-6-9-23-22-8-7-20-18-21(28-17-16-27-14-4-5-15-27)10-12-26(20,3)24(22)11-13-25(19,23)2/h18-19,21-24H,4-17H2,1-3H3/t19-,21-,22?,23?,24?,25+,26-/m0/s1. The Labute approximate surface area is 173 Å². The maximum Gasteiger partial charge on any atom is 0.0759 e. The van der Waals surface area contributed by atoms with Gasteiger partial charge in [-0.25, -0.2) is 0 Å². The fraction of sp³-hybridized carbons (Fsp3) is 0.923. The van der Waals surface area contributed by atoms with E-state index in [1.165, 1.54) is 77.3 Å². The first-order valence-electron chi connectivity index (χ1n) is 12.6. The number of allylic oxidation sites excluding steroid dienone is 1. The van der Waals surface area contributed by atoms with Crippen LogP contribution in [0.15, 0.2) is 11.6 Å². The Hall–Kier alpha value is -0.340. The fourth-order valence-corrected chi connectivity index (χ4v) is 8.43. The van der Waals surface area contributed by atoms with Gasteiger partial charge in [0, 0.05) is 6.54 Å². The van der Waals surface area contributed by atoms with Gasteiger partial charge in [-0.05, 0) is 112 Å². The summed E-state index contributed by atoms with van der Waals surface area (Å²) in [5, 5.41) is 0. The van der Waals surface area contributed by atoms with Crippen molar-refractivity contribution in [1.29, 1.82) is 0 Å². The highest BCUT2D eigenvalue weighted by Crippen LogP contribution is 2.66. The molecule has 0 spiro atoms. The van der Waals surface area contributed by atoms with Gasteiger partial charge in [-0.3, -0.25) is 0 Å². The molecule has 4 aliphatic carbocycles. The molecular formula is C26H43NO. The van der Waals surface area contributed by atoms with Crippen molar-refractivity contribution in [2.24, 2.45) is 34.5 Å². The predicted octanol–water partition coefficient (Wildman–Crippen LogP) is 6.07. The summed E-state index contributed by atoms with van der Waals surface area (Å²) in [6, 6.07) is 0. The van der Waals surface area contributed by atoms with Gasteiger partial charge in [-0.2, -0.15) is 0 Å². The van der Waals surface area contributed by atoms with Crippen molar-refractivity contribution in [3.63, 3.8) is 0 Å². The summed E-state index contributed by atoms with van der Waals surface area (Å²) >= 11 is 0. The smallest absolute Gasteiger partial charge is 0.0759 e. The molecule has 5 aliphatic rings. The van der Waals surface area contributed by atoms with Crippen molar-refractivity contribution >= 4 is 0 Å². The number of fused-ring (bicyclic) bond motifs is 5. The predicted molar refractivity (Wildman–Crippen MR) is 116 cm³/mol. The molecule has 0 N–H and O–H groups in total. The zero-order valence-electron chi connectivity index (χ0n) is 18.7. The molecule has 4 fully saturated rings. The van der Waals surface area contributed by atoms with E-state index in [0.717, 1.165) is 36.8 Å². The maximum absolute atomic E-state index is 6.36. The average molecular weight is 386 g/mol. The Morgan fingerprint density at radius 2 is 1.82 bits per heavy atom. The molecule has 2 nitrogen and oxygen atoms in total. The van der Waals surface area contributed by atoms with Crippen molar-refractivity contribution in [2.75, 3.05) is 26.2 Å². The normalized spacial score (nSPS) is 48.7. The number of hydrogen-bond donors (Lipinski definition) is 0. The van der Waals surface area contributed by atoms with Crippen molar-refractivity contribution < 1.29 is 4.74 Å². The van der Waals surface area contributed by atoms with Crippen LogP contribution in [0, 0.1) is 34.5 Å². The molecule has 1 aliphatic heterocycles. The summed E-state index contributed by atoms with van der Waals surface area (Å²) in [5.41, 5.74) is 2.90. The van der Waals surface area contributed by atoms with E-state index in [0.29, 0.717) is 16.9 Å². The third kappa shape index (κ3) is 3.13. The van der Waals surface area contributed by atoms with Gasteiger partial charge in [0.05, 0.1) is 12.7 Å². The zero-order chi connectivity index (χ0) is 19.4. The summed E-state index contributed by atoms with van der Waals surface area (Å²) in [6.45, 7) is 12.5. The Balaban J connectivity index is 1.25. The third-order valence-electron chi connectivity index (χ3n) is 10.5. The largest absolute Gasteiger partial charge is 0.373 e. The van der Waals surface area contributed by atoms with Gasteiger partial charge in [-0.1, -0.05) is 32.4 Å². The van der Waals surface area contributed by atoms with Gasteiger partial charge in [0.2, 0.25) is 0 Å². The molecule has 7 atom stereocenters. The molecule has 0 aromatic rings. The van der Waals surface area contributed by atoms with Crippen LogP contribution in [0.3, 0.4) is 0 Å². The van der Waals surface area contributed by atoms with E-state index in [-0.39, 0.29) is 0 Å². The van der Waals surface area contributed by atoms with Gasteiger partial charge < -0.3 is 9.64 Å². The lowest BCUT2D eigenvalue weighted by molar-refractivity contribution is -0.0566. The summed E-state index contributed by atoms with van der Waals surface area (Å²) < 4.78 is 6.36. The van der Waals surface area contributed by atoms with E-state index in [4.69, 9.17) is 4.74 Å². The Bertz CT molecular complexity index is 608. The second kappa shape index (κ2) is 7.41. The zero-order valence-corrected chi connectivity index (χ0v) is 18.7. The van der Waals surface area contributed by atoms with E-state index in [2.05, 4.69) is 31.7 Å². The van der Waals surface area contributed by atoms with Crippen LogP contribution >= 0.6 is 0 Å². The van der Waals surface area contributed by atoms with Crippen molar-refractivity contribution in [1.82, 2.24) is 4.90 Å². The van der Waals surface area contributed by atoms with Crippen molar-refractivity contribution in [3.8, 4) is 0 Å². The molecule has 5 rings (SSSR count). The lowest BCUT2D eigenvalue weighted by Crippen LogP contribution is -2.50. The SMILES string of the molecule is C[C@H]1CCC2C3CCC4=C[C@@H](OCCN5CCCC5)CC[C@]4(C)C3CC[C@@]21C. The molecule has 3 saturated carbocycles. The van der Waals surface area contributed by atoms with E-state index in [1.54, 1.807) is 5.57 Å². The van der Waals surface area contributed by atoms with Gasteiger partial charge in [-0.15, -0.1) is 0 Å². The molecule has 0 bridgehead atoms. The molecule has 158 valence electrons. The van der Waals surface area contributed by atoms with Crippen LogP contribution in [0.1, 0.15) is 85.0 Å². The Morgan fingerprint density at radius 3 is 2.64 bits per heavy atom. The number of rotatable bonds is 4. The summed E-state index contributed by atoms with van der Waals surface area (Å²) in [5.74, 6) is 3.90. The highest BCUT2D eigenvalue weighted by Gasteiger charge is 2.57. The molecule has 0 aromatic heterocycles. The molecular weight excluding hydrogens is 342 g/mol. The minimum atomic E-state index is 0.391. The first-order valence-corrected chi connectivity index (χ1v) is 12.6. The fourth-order valence-electron chi connectivity index (χ4n) is 8.43. The van der Waals surface area contributed by atoms with Gasteiger partial charge in [0.25, 0.3) is 0 Å². The summed E-state index contributed by atoms with van der Waals surface area (Å²) in [7, 11) is 0. The number of nitrogens with zero attached hydrogens (tertiary/aromatic N) is 1. The highest BCUT2D eigenvalue weighted by atomic mass is 16.5. The van der Waals surface area contributed by atoms with Gasteiger partial charge >= 0.3 is 0 Å². The molecule has 1 saturated heterocycles. The minimum Gasteiger partial charge on any atom is -0.373 e. The lowest BCUT2D eigenvalue weighted by atomic mass is 9.47. The Kier molecular flexibility index (Phi) is 5.19. The molecule has 2 heteroatoms. The van der Waals surface area contributed by atoms with Crippen molar-refractivity contribution in [3.05, 3.63) is 11.6 Å². The van der Waals surface area contributed by atoms with Gasteiger partial charge in [0.15, 0.2) is 0 Å². The van der Waals surface area contributed by atoms with Crippen LogP contribution < -0.4 is 0 Å². The topological polar surface area (TPSA) is 12.5 Å². The molecule has 28 heavy (non-hydrogen) atoms. The molecule has 3 unspecified atom stereocenters. The number of likely N-dealkylation sites (tertiary alicyclic amines) is 1. The first kappa shape index (κ1) is 19.6. The Morgan fingerprint density at radius 1 is 1.00 bits per heavy atom. The summed E-state index contributed by atoms with van der Waals surface area (Å²) in [4.78, 5) is 2.58. The maximum atomic E-state index is 6.36. The molecule has 0 radical (unpaired) electrons. The number of hydrogen-bond acceptors (Lipinski definition) is 2. The van der Waals surface area contributed by atoms with Crippen LogP contribution in [-0.2, 0) is 4.74 Å². The van der Waals surface area contributed by atoms with E-state index in [9.17, 15) is 0 Å². The van der Waals surface area contributed by atoms with Crippen LogP contribution in [0.25, 0.3) is 0 Å². The summed E-state index contributed by atoms with van der Waals surface area (Å²) in [6.07, 6.45) is 17.1. The average Bonchev–Trinajstić information content (AvgIpc) is 3.30. The van der Waals surface area contributed by atoms with Crippen LogP contribution in [0.4, 0.5) is 0 Å². The lowest BCUT2D eigenvalue weighted by Gasteiger charge is -2.58. The quantitative estimate of drug-likeness (QED) is 0.545. The number of ether oxygens (including phenoxy) is 1. The monoisotopic (exact) mass is 385 g/mol. The molecule has 0 aromatic carbocycles. The first-order chi connectivity index (χ1) is 13.5. The highest BCUT2D eigenvalue weighted by molar-refractivity contribution is 5.25. The van der Waals surface area contributed by atoms with Gasteiger partial charge in [0.1, 0.15) is 0 Å². The second-order valence-corrected chi connectivity index (χ2v) is 11.5. The van der Waals surface area contributed by atoms with E-state index >= 15 is 0 Å². The minimum absolute atomic E-state index is 0.391. The van der Waals surface area contributed by atoms with Crippen LogP contribution in [0.2, 0.25) is 0 Å². The second-order valence-electron chi connectivity index (χ2n) is 11.5. The van der Waals surface area contributed by atoms with Crippen LogP contribution in [-0.4, -0.2) is 37.2 Å². The van der Waals surface area contributed by atoms with E-state index in [1.807, 2.05) is 0 Å².